The lowest BCUT2D eigenvalue weighted by atomic mass is 10.2. The first-order valence-corrected chi connectivity index (χ1v) is 42.9. The molecule has 0 radical (unpaired) electrons. The van der Waals surface area contributed by atoms with Gasteiger partial charge in [-0.1, -0.05) is 155 Å². The van der Waals surface area contributed by atoms with Gasteiger partial charge in [0.05, 0.1) is 57.8 Å². The second-order valence-corrected chi connectivity index (χ2v) is 35.5. The fourth-order valence-electron chi connectivity index (χ4n) is 12.0. The minimum Gasteiger partial charge on any atom is -0.497 e. The molecule has 0 aliphatic carbocycles. The number of rotatable bonds is 22. The molecule has 0 saturated heterocycles. The molecule has 0 fully saturated rings. The number of aryl methyl sites for hydroxylation is 4. The average molecular weight is 1650 g/mol. The van der Waals surface area contributed by atoms with Crippen LogP contribution in [0.5, 0.6) is 46.0 Å². The Bertz CT molecular complexity index is 4950. The van der Waals surface area contributed by atoms with Crippen LogP contribution in [0.15, 0.2) is 481 Å². The van der Waals surface area contributed by atoms with E-state index in [1.54, 1.807) is 50.2 Å². The summed E-state index contributed by atoms with van der Waals surface area (Å²) in [5, 5.41) is 0. The highest BCUT2D eigenvalue weighted by Crippen LogP contribution is 2.40. The molecule has 12 heteroatoms. The normalized spacial score (nSPS) is 10.4. The quantitative estimate of drug-likeness (QED) is 0.0498. The number of hydrogen-bond acceptors (Lipinski definition) is 6. The summed E-state index contributed by atoms with van der Waals surface area (Å²) in [7, 11) is 2.40. The minimum absolute atomic E-state index is 0. The Kier molecular flexibility index (Phi) is 34.8. The zero-order valence-electron chi connectivity index (χ0n) is 68.1. The van der Waals surface area contributed by atoms with Gasteiger partial charge >= 0.3 is 0 Å². The summed E-state index contributed by atoms with van der Waals surface area (Å²) >= 11 is 1.81. The molecule has 0 bridgehead atoms. The molecule has 0 spiro atoms. The van der Waals surface area contributed by atoms with Crippen LogP contribution in [0, 0.1) is 69.0 Å². The largest absolute Gasteiger partial charge is 0.497 e. The van der Waals surface area contributed by atoms with Gasteiger partial charge in [0.15, 0.2) is 58.7 Å². The summed E-state index contributed by atoms with van der Waals surface area (Å²) in [4.78, 5) is 17.2. The van der Waals surface area contributed by atoms with Crippen molar-refractivity contribution in [3.63, 3.8) is 0 Å². The van der Waals surface area contributed by atoms with E-state index in [0.29, 0.717) is 0 Å². The van der Waals surface area contributed by atoms with Crippen molar-refractivity contribution in [1.82, 2.24) is 0 Å². The Labute approximate surface area is 714 Å². The van der Waals surface area contributed by atoms with Crippen LogP contribution in [-0.2, 0) is 43.6 Å². The average Bonchev–Trinajstić information content (AvgIpc) is 0.821. The highest BCUT2D eigenvalue weighted by Gasteiger charge is 2.33. The molecular weight excluding hydrogens is 1550 g/mol. The van der Waals surface area contributed by atoms with Gasteiger partial charge < -0.3 is 53.4 Å². The number of hydrogen-bond donors (Lipinski definition) is 0. The van der Waals surface area contributed by atoms with Crippen LogP contribution in [-0.4, -0.2) is 14.2 Å². The van der Waals surface area contributed by atoms with E-state index in [-0.39, 0.29) is 74.0 Å². The monoisotopic (exact) mass is 1650 g/mol. The molecule has 16 aromatic carbocycles. The topological polar surface area (TPSA) is 46.2 Å². The highest BCUT2D eigenvalue weighted by molar-refractivity contribution is 7.99. The third-order valence-corrected chi connectivity index (χ3v) is 27.8. The lowest BCUT2D eigenvalue weighted by molar-refractivity contribution is 0.414. The fraction of sp³-hybridized carbons (Fsp3) is 0.0566. The second kappa shape index (κ2) is 45.6. The summed E-state index contributed by atoms with van der Waals surface area (Å²) in [6, 6.07) is 139. The molecule has 0 amide bonds. The molecule has 0 unspecified atom stereocenters. The molecule has 0 N–H and O–H groups in total. The van der Waals surface area contributed by atoms with Gasteiger partial charge in [-0.25, -0.2) is 8.78 Å². The van der Waals surface area contributed by atoms with Crippen molar-refractivity contribution in [2.75, 3.05) is 14.2 Å². The maximum Gasteiger partial charge on any atom is 0.166 e. The lowest BCUT2D eigenvalue weighted by Crippen LogP contribution is -2.05. The number of ether oxygens (including phenoxy) is 5. The molecule has 0 aliphatic rings. The lowest BCUT2D eigenvalue weighted by Gasteiger charge is -2.10. The van der Waals surface area contributed by atoms with Crippen molar-refractivity contribution in [3.05, 3.63) is 476 Å². The second-order valence-electron chi connectivity index (χ2n) is 26.3. The van der Waals surface area contributed by atoms with Crippen LogP contribution in [0.2, 0.25) is 0 Å². The SMILES string of the molecule is COc1ccc([S+](c2ccc(OC)cc2)c2ccc(Oc3ccccc3)cc2)cc1.Cc1ccc([S+](c2ccc(C)cc2)c2ccc(Oc3ccccc3)cc2)cc1.Cc1ccc([S+](c2ccc(C)cc2)c2ccc(Sc3ccccc3)cc2)cc1.Fc1ccc([S+](c2ccc(F)cc2)c2ccc(Oc3ccccc3)cc2)cc1.[CH3-].[CH3-].[CH3-].[CH3-]. The van der Waals surface area contributed by atoms with Gasteiger partial charge in [0.2, 0.25) is 0 Å². The molecule has 16 aromatic rings. The minimum atomic E-state index is -0.475. The summed E-state index contributed by atoms with van der Waals surface area (Å²) in [5.41, 5.74) is 5.15. The van der Waals surface area contributed by atoms with Gasteiger partial charge in [0.25, 0.3) is 0 Å². The molecule has 0 saturated carbocycles. The number of para-hydroxylation sites is 3. The van der Waals surface area contributed by atoms with Crippen LogP contribution in [0.25, 0.3) is 0 Å². The van der Waals surface area contributed by atoms with Crippen molar-refractivity contribution in [2.45, 2.75) is 96.2 Å². The highest BCUT2D eigenvalue weighted by atomic mass is 32.2. The van der Waals surface area contributed by atoms with E-state index in [4.69, 9.17) is 23.7 Å². The van der Waals surface area contributed by atoms with Crippen molar-refractivity contribution in [1.29, 1.82) is 0 Å². The van der Waals surface area contributed by atoms with Crippen molar-refractivity contribution in [2.24, 2.45) is 0 Å². The Morgan fingerprint density at radius 1 is 0.186 bits per heavy atom. The Balaban J connectivity index is 0.000000177. The zero-order valence-corrected chi connectivity index (χ0v) is 72.2. The predicted molar refractivity (Wildman–Crippen MR) is 494 cm³/mol. The fourth-order valence-corrected chi connectivity index (χ4v) is 21.0. The first-order chi connectivity index (χ1) is 55.8. The number of methoxy groups -OCH3 is 2. The van der Waals surface area contributed by atoms with Crippen LogP contribution in [0.1, 0.15) is 22.3 Å². The summed E-state index contributed by atoms with van der Waals surface area (Å²) in [5.74, 6) is 6.00. The van der Waals surface area contributed by atoms with E-state index in [0.717, 1.165) is 60.7 Å². The third kappa shape index (κ3) is 25.6. The maximum atomic E-state index is 13.4. The standard InChI is InChI=1S/C26H23O3S.C26H23OS.C26H23S2.C24H17F2OS.4CH3/c1-27-20-8-14-24(15-9-20)30(25-16-10-21(28-2)11-17-25)26-18-12-23(13-19-26)29-22-6-4-3-5-7-22;2*1-20-8-14-24(15-9-20)28(25-16-10-21(2)11-17-25)26-18-12-23(13-19-26)27-22-6-4-3-5-7-22;25-18-6-12-22(13-7-18)28(23-14-8-19(26)9-15-23)24-16-10-21(11-17-24)27-20-4-2-1-3-5-20;;;;/h3-19H,1-2H3;2*3-19H,1-2H3;1-17H;4*1H3/q4*+1;4*-1. The molecular formula is C106H98F2O5S5. The van der Waals surface area contributed by atoms with E-state index in [9.17, 15) is 8.78 Å². The van der Waals surface area contributed by atoms with Gasteiger partial charge in [-0.2, -0.15) is 0 Å². The summed E-state index contributed by atoms with van der Waals surface area (Å²) < 4.78 is 55.2. The third-order valence-electron chi connectivity index (χ3n) is 17.9. The van der Waals surface area contributed by atoms with Crippen molar-refractivity contribution in [3.8, 4) is 46.0 Å². The van der Waals surface area contributed by atoms with Gasteiger partial charge in [-0.3, -0.25) is 0 Å². The van der Waals surface area contributed by atoms with Gasteiger partial charge in [-0.15, -0.1) is 0 Å². The maximum absolute atomic E-state index is 13.4. The van der Waals surface area contributed by atoms with Gasteiger partial charge in [0, 0.05) is 9.79 Å². The first-order valence-electron chi connectivity index (χ1n) is 37.2. The zero-order chi connectivity index (χ0) is 78.8. The van der Waals surface area contributed by atoms with Crippen molar-refractivity contribution >= 4 is 55.3 Å². The Hall–Kier alpha value is -11.9. The molecule has 596 valence electrons. The van der Waals surface area contributed by atoms with Crippen LogP contribution in [0.4, 0.5) is 8.78 Å². The van der Waals surface area contributed by atoms with Gasteiger partial charge in [0.1, 0.15) is 57.6 Å². The molecule has 0 aromatic heterocycles. The molecule has 0 heterocycles. The molecule has 16 rings (SSSR count). The number of halogens is 2. The first kappa shape index (κ1) is 90.1. The van der Waals surface area contributed by atoms with Crippen LogP contribution < -0.4 is 23.7 Å². The van der Waals surface area contributed by atoms with E-state index in [1.165, 1.54) is 100 Å². The molecule has 5 nitrogen and oxygen atoms in total. The predicted octanol–water partition coefficient (Wildman–Crippen LogP) is 30.0. The molecule has 0 aliphatic heterocycles. The van der Waals surface area contributed by atoms with E-state index in [2.05, 4.69) is 240 Å². The Morgan fingerprint density at radius 2 is 0.347 bits per heavy atom. The van der Waals surface area contributed by atoms with Gasteiger partial charge in [-0.05, 0) is 319 Å². The van der Waals surface area contributed by atoms with Crippen LogP contribution in [0.3, 0.4) is 0 Å². The summed E-state index contributed by atoms with van der Waals surface area (Å²) in [6.45, 7) is 8.54. The van der Waals surface area contributed by atoms with Crippen LogP contribution >= 0.6 is 11.8 Å². The molecule has 118 heavy (non-hydrogen) atoms. The number of benzene rings is 16. The van der Waals surface area contributed by atoms with E-state index < -0.39 is 10.9 Å². The van der Waals surface area contributed by atoms with E-state index in [1.807, 2.05) is 152 Å². The smallest absolute Gasteiger partial charge is 0.166 e. The van der Waals surface area contributed by atoms with E-state index >= 15 is 0 Å². The summed E-state index contributed by atoms with van der Waals surface area (Å²) in [6.07, 6.45) is 0. The molecule has 0 atom stereocenters. The van der Waals surface area contributed by atoms with Crippen molar-refractivity contribution < 1.29 is 32.5 Å². The Morgan fingerprint density at radius 3 is 0.559 bits per heavy atom.